The van der Waals surface area contributed by atoms with Gasteiger partial charge < -0.3 is 4.74 Å². The van der Waals surface area contributed by atoms with Crippen LogP contribution in [-0.4, -0.2) is 25.2 Å². The summed E-state index contributed by atoms with van der Waals surface area (Å²) < 4.78 is 4.64. The molecule has 1 aromatic heterocycles. The molecular formula is C18H18N2O3S. The number of fused-ring (bicyclic) bond motifs is 1. The van der Waals surface area contributed by atoms with E-state index < -0.39 is 0 Å². The van der Waals surface area contributed by atoms with Gasteiger partial charge in [-0.25, -0.2) is 10.2 Å². The predicted octanol–water partition coefficient (Wildman–Crippen LogP) is 3.18. The van der Waals surface area contributed by atoms with E-state index in [0.29, 0.717) is 10.4 Å². The number of rotatable bonds is 4. The molecular weight excluding hydrogens is 324 g/mol. The van der Waals surface area contributed by atoms with Crippen LogP contribution in [0.15, 0.2) is 35.4 Å². The van der Waals surface area contributed by atoms with Crippen molar-refractivity contribution in [3.63, 3.8) is 0 Å². The Morgan fingerprint density at radius 3 is 2.67 bits per heavy atom. The van der Waals surface area contributed by atoms with Crippen molar-refractivity contribution in [3.8, 4) is 0 Å². The molecule has 0 saturated carbocycles. The third-order valence-electron chi connectivity index (χ3n) is 3.93. The zero-order chi connectivity index (χ0) is 16.9. The molecule has 0 radical (unpaired) electrons. The van der Waals surface area contributed by atoms with Crippen molar-refractivity contribution >= 4 is 29.4 Å². The summed E-state index contributed by atoms with van der Waals surface area (Å²) in [5.74, 6) is -0.565. The minimum atomic E-state index is -0.381. The van der Waals surface area contributed by atoms with Crippen LogP contribution in [0.25, 0.3) is 0 Å². The molecule has 1 aliphatic carbocycles. The third-order valence-corrected chi connectivity index (χ3v) is 5.17. The molecule has 0 bridgehead atoms. The Kier molecular flexibility index (Phi) is 5.05. The second kappa shape index (κ2) is 7.40. The van der Waals surface area contributed by atoms with E-state index in [1.807, 2.05) is 6.07 Å². The van der Waals surface area contributed by atoms with Gasteiger partial charge in [0.1, 0.15) is 0 Å². The number of nitrogens with one attached hydrogen (secondary N) is 1. The highest BCUT2D eigenvalue weighted by Gasteiger charge is 2.16. The van der Waals surface area contributed by atoms with Crippen molar-refractivity contribution in [1.29, 1.82) is 0 Å². The van der Waals surface area contributed by atoms with Crippen LogP contribution < -0.4 is 5.43 Å². The number of hydrogen-bond donors (Lipinski definition) is 1. The summed E-state index contributed by atoms with van der Waals surface area (Å²) in [5.41, 5.74) is 5.12. The number of ether oxygens (including phenoxy) is 1. The lowest BCUT2D eigenvalue weighted by Gasteiger charge is -2.08. The maximum Gasteiger partial charge on any atom is 0.337 e. The van der Waals surface area contributed by atoms with E-state index in [9.17, 15) is 9.59 Å². The van der Waals surface area contributed by atoms with Gasteiger partial charge in [-0.3, -0.25) is 4.79 Å². The highest BCUT2D eigenvalue weighted by molar-refractivity contribution is 7.14. The Bertz CT molecular complexity index is 755. The largest absolute Gasteiger partial charge is 0.465 e. The molecule has 1 heterocycles. The standard InChI is InChI=1S/C18H18N2O3S/c1-23-18(22)13-8-6-12(7-9-13)11-19-20-17(21)16-10-14-4-2-3-5-15(14)24-16/h6-11H,2-5H2,1H3,(H,20,21). The van der Waals surface area contributed by atoms with Gasteiger partial charge in [0, 0.05) is 4.88 Å². The smallest absolute Gasteiger partial charge is 0.337 e. The Labute approximate surface area is 144 Å². The van der Waals surface area contributed by atoms with Crippen molar-refractivity contribution < 1.29 is 14.3 Å². The van der Waals surface area contributed by atoms with Gasteiger partial charge in [0.2, 0.25) is 0 Å². The number of carbonyl (C=O) groups excluding carboxylic acids is 2. The Morgan fingerprint density at radius 2 is 1.96 bits per heavy atom. The van der Waals surface area contributed by atoms with Crippen LogP contribution in [-0.2, 0) is 17.6 Å². The van der Waals surface area contributed by atoms with Crippen LogP contribution in [0, 0.1) is 0 Å². The number of amides is 1. The van der Waals surface area contributed by atoms with Gasteiger partial charge in [-0.1, -0.05) is 12.1 Å². The number of thiophene rings is 1. The molecule has 1 amide bonds. The first-order valence-corrected chi connectivity index (χ1v) is 8.62. The SMILES string of the molecule is COC(=O)c1ccc(C=NNC(=O)c2cc3c(s2)CCCC3)cc1. The summed E-state index contributed by atoms with van der Waals surface area (Å²) in [6.07, 6.45) is 6.09. The molecule has 6 heteroatoms. The van der Waals surface area contributed by atoms with Crippen LogP contribution >= 0.6 is 11.3 Å². The highest BCUT2D eigenvalue weighted by Crippen LogP contribution is 2.29. The molecule has 1 N–H and O–H groups in total. The van der Waals surface area contributed by atoms with Crippen molar-refractivity contribution in [3.05, 3.63) is 56.8 Å². The molecule has 0 saturated heterocycles. The van der Waals surface area contributed by atoms with Crippen molar-refractivity contribution in [2.24, 2.45) is 5.10 Å². The monoisotopic (exact) mass is 342 g/mol. The lowest BCUT2D eigenvalue weighted by Crippen LogP contribution is -2.16. The summed E-state index contributed by atoms with van der Waals surface area (Å²) in [7, 11) is 1.34. The summed E-state index contributed by atoms with van der Waals surface area (Å²) in [4.78, 5) is 25.6. The Hall–Kier alpha value is -2.47. The molecule has 2 aromatic rings. The number of nitrogens with zero attached hydrogens (tertiary/aromatic N) is 1. The molecule has 1 aliphatic rings. The number of hydrogen-bond acceptors (Lipinski definition) is 5. The minimum absolute atomic E-state index is 0.183. The Morgan fingerprint density at radius 1 is 1.21 bits per heavy atom. The summed E-state index contributed by atoms with van der Waals surface area (Å²) >= 11 is 1.56. The molecule has 24 heavy (non-hydrogen) atoms. The summed E-state index contributed by atoms with van der Waals surface area (Å²) in [5, 5.41) is 3.98. The zero-order valence-electron chi connectivity index (χ0n) is 13.4. The van der Waals surface area contributed by atoms with Crippen LogP contribution in [0.1, 0.15) is 48.9 Å². The first-order valence-electron chi connectivity index (χ1n) is 7.81. The van der Waals surface area contributed by atoms with Gasteiger partial charge in [0.05, 0.1) is 23.8 Å². The number of hydrazone groups is 1. The summed E-state index contributed by atoms with van der Waals surface area (Å²) in [6, 6.07) is 8.78. The average Bonchev–Trinajstić information content (AvgIpc) is 3.06. The average molecular weight is 342 g/mol. The first-order chi connectivity index (χ1) is 11.7. The molecule has 0 fully saturated rings. The lowest BCUT2D eigenvalue weighted by molar-refractivity contribution is 0.0600. The quantitative estimate of drug-likeness (QED) is 0.527. The molecule has 0 unspecified atom stereocenters. The van der Waals surface area contributed by atoms with Crippen LogP contribution in [0.2, 0.25) is 0 Å². The fourth-order valence-electron chi connectivity index (χ4n) is 2.65. The molecule has 3 rings (SSSR count). The predicted molar refractivity (Wildman–Crippen MR) is 93.8 cm³/mol. The van der Waals surface area contributed by atoms with Crippen LogP contribution in [0.5, 0.6) is 0 Å². The van der Waals surface area contributed by atoms with E-state index >= 15 is 0 Å². The molecule has 0 aliphatic heterocycles. The van der Waals surface area contributed by atoms with Gasteiger partial charge in [-0.2, -0.15) is 5.10 Å². The van der Waals surface area contributed by atoms with E-state index in [2.05, 4.69) is 15.3 Å². The highest BCUT2D eigenvalue weighted by atomic mass is 32.1. The van der Waals surface area contributed by atoms with Crippen LogP contribution in [0.4, 0.5) is 0 Å². The van der Waals surface area contributed by atoms with E-state index in [0.717, 1.165) is 18.4 Å². The molecule has 124 valence electrons. The maximum absolute atomic E-state index is 12.2. The van der Waals surface area contributed by atoms with Crippen LogP contribution in [0.3, 0.4) is 0 Å². The third kappa shape index (κ3) is 3.71. The first kappa shape index (κ1) is 16.4. The van der Waals surface area contributed by atoms with Gasteiger partial charge in [0.15, 0.2) is 0 Å². The second-order valence-corrected chi connectivity index (χ2v) is 6.72. The minimum Gasteiger partial charge on any atom is -0.465 e. The number of esters is 1. The fraction of sp³-hybridized carbons (Fsp3) is 0.278. The van der Waals surface area contributed by atoms with Crippen molar-refractivity contribution in [2.45, 2.75) is 25.7 Å². The van der Waals surface area contributed by atoms with Gasteiger partial charge in [-0.15, -0.1) is 11.3 Å². The Balaban J connectivity index is 1.60. The van der Waals surface area contributed by atoms with Crippen molar-refractivity contribution in [2.75, 3.05) is 7.11 Å². The molecule has 5 nitrogen and oxygen atoms in total. The number of aryl methyl sites for hydroxylation is 2. The lowest BCUT2D eigenvalue weighted by atomic mass is 9.99. The summed E-state index contributed by atoms with van der Waals surface area (Å²) in [6.45, 7) is 0. The van der Waals surface area contributed by atoms with Gasteiger partial charge in [0.25, 0.3) is 5.91 Å². The van der Waals surface area contributed by atoms with E-state index in [-0.39, 0.29) is 11.9 Å². The van der Waals surface area contributed by atoms with Crippen molar-refractivity contribution in [1.82, 2.24) is 5.43 Å². The molecule has 0 atom stereocenters. The molecule has 0 spiro atoms. The fourth-order valence-corrected chi connectivity index (χ4v) is 3.79. The number of methoxy groups -OCH3 is 1. The van der Waals surface area contributed by atoms with Gasteiger partial charge >= 0.3 is 5.97 Å². The number of carbonyl (C=O) groups is 2. The maximum atomic E-state index is 12.2. The molecule has 1 aromatic carbocycles. The van der Waals surface area contributed by atoms with E-state index in [1.54, 1.807) is 41.8 Å². The zero-order valence-corrected chi connectivity index (χ0v) is 14.2. The second-order valence-electron chi connectivity index (χ2n) is 5.58. The topological polar surface area (TPSA) is 67.8 Å². The van der Waals surface area contributed by atoms with Gasteiger partial charge in [-0.05, 0) is 55.0 Å². The normalized spacial score (nSPS) is 13.5. The van der Waals surface area contributed by atoms with E-state index in [4.69, 9.17) is 0 Å². The van der Waals surface area contributed by atoms with E-state index in [1.165, 1.54) is 30.4 Å². The number of benzene rings is 1.